The van der Waals surface area contributed by atoms with Gasteiger partial charge in [-0.1, -0.05) is 58.2 Å². The van der Waals surface area contributed by atoms with E-state index in [2.05, 4.69) is 4.90 Å². The summed E-state index contributed by atoms with van der Waals surface area (Å²) in [7, 11) is 3.08. The number of aliphatic hydroxyl groups is 2. The van der Waals surface area contributed by atoms with E-state index in [1.165, 1.54) is 24.1 Å². The van der Waals surface area contributed by atoms with Crippen LogP contribution in [0.4, 0.5) is 9.18 Å². The Balaban J connectivity index is 1.30. The monoisotopic (exact) mass is 1010 g/mol. The molecule has 15 nitrogen and oxygen atoms in total. The molecule has 18 atom stereocenters. The van der Waals surface area contributed by atoms with Gasteiger partial charge in [-0.25, -0.2) is 9.18 Å². The van der Waals surface area contributed by atoms with Gasteiger partial charge in [-0.2, -0.15) is 0 Å². The highest BCUT2D eigenvalue weighted by molar-refractivity contribution is 6.30. The predicted octanol–water partition coefficient (Wildman–Crippen LogP) is 7.79. The quantitative estimate of drug-likeness (QED) is 0.184. The van der Waals surface area contributed by atoms with Crippen LogP contribution >= 0.6 is 11.6 Å². The van der Waals surface area contributed by atoms with Crippen molar-refractivity contribution in [1.82, 2.24) is 9.80 Å². The highest BCUT2D eigenvalue weighted by atomic mass is 35.5. The molecule has 4 saturated heterocycles. The summed E-state index contributed by atoms with van der Waals surface area (Å²) >= 11 is 6.00. The summed E-state index contributed by atoms with van der Waals surface area (Å²) in [5.74, 6) is -4.74. The molecule has 17 heteroatoms. The van der Waals surface area contributed by atoms with Gasteiger partial charge in [-0.3, -0.25) is 19.4 Å². The molecule has 2 aliphatic carbocycles. The topological polar surface area (TPSA) is 172 Å². The average Bonchev–Trinajstić information content (AvgIpc) is 3.55. The Kier molecular flexibility index (Phi) is 17.5. The van der Waals surface area contributed by atoms with Gasteiger partial charge in [0.1, 0.15) is 29.9 Å². The van der Waals surface area contributed by atoms with Gasteiger partial charge in [0.25, 0.3) is 0 Å². The molecule has 0 radical (unpaired) electrons. The Morgan fingerprint density at radius 3 is 2.10 bits per heavy atom. The number of ketones is 1. The number of carbonyl (C=O) groups is 3. The van der Waals surface area contributed by atoms with E-state index in [1.54, 1.807) is 47.8 Å². The van der Waals surface area contributed by atoms with Crippen LogP contribution in [-0.4, -0.2) is 155 Å². The molecule has 70 heavy (non-hydrogen) atoms. The number of halogens is 2. The molecule has 7 rings (SSSR count). The Bertz CT molecular complexity index is 1980. The summed E-state index contributed by atoms with van der Waals surface area (Å²) in [5, 5.41) is 23.7. The molecule has 0 unspecified atom stereocenters. The van der Waals surface area contributed by atoms with Crippen molar-refractivity contribution < 1.29 is 66.9 Å². The van der Waals surface area contributed by atoms with Gasteiger partial charge in [0, 0.05) is 63.1 Å². The maximum atomic E-state index is 15.2. The molecular weight excluding hydrogens is 927 g/mol. The number of hydrogen-bond donors (Lipinski definition) is 2. The number of benzene rings is 1. The molecule has 6 fully saturated rings. The molecule has 1 aromatic rings. The Morgan fingerprint density at radius 1 is 0.886 bits per heavy atom. The molecule has 2 saturated carbocycles. The third-order valence-electron chi connectivity index (χ3n) is 17.5. The zero-order chi connectivity index (χ0) is 51.2. The molecule has 6 aliphatic rings. The molecule has 0 bridgehead atoms. The van der Waals surface area contributed by atoms with Gasteiger partial charge < -0.3 is 48.1 Å². The number of hydrogen-bond acceptors (Lipinski definition) is 14. The molecule has 0 spiro atoms. The van der Waals surface area contributed by atoms with E-state index in [4.69, 9.17) is 49.5 Å². The smallest absolute Gasteiger partial charge is 0.410 e. The number of esters is 1. The van der Waals surface area contributed by atoms with Crippen molar-refractivity contribution in [2.75, 3.05) is 20.8 Å². The van der Waals surface area contributed by atoms with Gasteiger partial charge in [0.05, 0.1) is 52.6 Å². The molecule has 4 heterocycles. The number of fused-ring (bicyclic) bond motifs is 1. The first-order valence-electron chi connectivity index (χ1n) is 26.0. The summed E-state index contributed by atoms with van der Waals surface area (Å²) in [6.45, 7) is 18.2. The minimum Gasteiger partial charge on any atom is -0.458 e. The second kappa shape index (κ2) is 22.1. The molecular formula is C53H82ClFN2O13. The van der Waals surface area contributed by atoms with Crippen molar-refractivity contribution in [3.8, 4) is 0 Å². The Morgan fingerprint density at radius 2 is 1.53 bits per heavy atom. The lowest BCUT2D eigenvalue weighted by molar-refractivity contribution is -0.321. The van der Waals surface area contributed by atoms with Crippen LogP contribution in [-0.2, 0) is 53.9 Å². The minimum absolute atomic E-state index is 0.0236. The van der Waals surface area contributed by atoms with E-state index in [0.29, 0.717) is 24.1 Å². The van der Waals surface area contributed by atoms with E-state index in [0.717, 1.165) is 38.5 Å². The first-order chi connectivity index (χ1) is 33.0. The molecule has 1 amide bonds. The van der Waals surface area contributed by atoms with Crippen molar-refractivity contribution >= 4 is 29.4 Å². The first kappa shape index (κ1) is 55.2. The molecule has 2 N–H and O–H groups in total. The fourth-order valence-electron chi connectivity index (χ4n) is 12.8. The second-order valence-corrected chi connectivity index (χ2v) is 22.7. The Hall–Kier alpha value is -2.51. The number of methoxy groups -OCH3 is 2. The number of aliphatic hydroxyl groups excluding tert-OH is 2. The van der Waals surface area contributed by atoms with Gasteiger partial charge in [0.2, 0.25) is 0 Å². The number of cyclic esters (lactones) is 1. The highest BCUT2D eigenvalue weighted by Gasteiger charge is 2.61. The number of Topliss-reactive ketones (excluding diaryl/α,β-unsaturated/α-hetero) is 1. The average molecular weight is 1010 g/mol. The lowest BCUT2D eigenvalue weighted by Crippen LogP contribution is -2.65. The van der Waals surface area contributed by atoms with Gasteiger partial charge in [-0.05, 0) is 111 Å². The molecule has 1 aromatic carbocycles. The number of carbonyl (C=O) groups excluding carboxylic acids is 3. The lowest BCUT2D eigenvalue weighted by atomic mass is 9.73. The van der Waals surface area contributed by atoms with Crippen LogP contribution in [0, 0.1) is 29.5 Å². The zero-order valence-electron chi connectivity index (χ0n) is 43.6. The van der Waals surface area contributed by atoms with Crippen molar-refractivity contribution in [1.29, 1.82) is 0 Å². The van der Waals surface area contributed by atoms with Crippen LogP contribution in [0.25, 0.3) is 0 Å². The summed E-state index contributed by atoms with van der Waals surface area (Å²) in [5.41, 5.74) is -3.27. The standard InChI is InChI=1S/C53H82ClFN2O13/c1-13-40-53(10)45(56(50(62)70-53)23-22-34-20-21-37(54)38(55)25-34)30(4)42(58)28(2)26-52(9,64-12)47(69-49-43(59)39(24-29(3)65-49)57(35-16-14-17-35)36-18-15-19-36)31(5)44(32(6)48(61)67-40)68-41-27-51(8,63-11)46(60)33(7)66-41/h20-21,25,28-33,35-36,39-41,43-47,49,59-60H,13-19,22-24,26-27H2,1-12H3/t28-,29+,30-,31+,32-,33-,39-,40+,41-,43+,44+,45-,46-,47-,49-,51+,52+,53-/m1/s1. The van der Waals surface area contributed by atoms with Crippen molar-refractivity contribution in [3.63, 3.8) is 0 Å². The third kappa shape index (κ3) is 10.8. The number of rotatable bonds is 13. The summed E-state index contributed by atoms with van der Waals surface area (Å²) in [6.07, 6.45) is -0.838. The van der Waals surface area contributed by atoms with Crippen LogP contribution in [0.2, 0.25) is 5.02 Å². The van der Waals surface area contributed by atoms with E-state index >= 15 is 9.59 Å². The van der Waals surface area contributed by atoms with Crippen molar-refractivity contribution in [3.05, 3.63) is 34.6 Å². The SMILES string of the molecule is CC[C@@H]1OC(=O)[C@H](C)[C@@H](O[C@@H]2C[C@](C)(OC)[C@H](O)[C@@H](C)O2)[C@H](C)[C@@H](O[C@H]2O[C@@H](C)C[C@@H](N(C3CCC3)C3CCC3)[C@@H]2O)[C@@](C)(OC)C[C@@H](C)C(=O)[C@@H](C)[C@H]2N(CCc3ccc(Cl)c(F)c3)C(=O)O[C@]12C. The normalized spacial score (nSPS) is 42.7. The first-order valence-corrected chi connectivity index (χ1v) is 26.4. The second-order valence-electron chi connectivity index (χ2n) is 22.3. The van der Waals surface area contributed by atoms with E-state index in [1.807, 2.05) is 34.6 Å². The van der Waals surface area contributed by atoms with Gasteiger partial charge in [0.15, 0.2) is 18.2 Å². The largest absolute Gasteiger partial charge is 0.458 e. The van der Waals surface area contributed by atoms with E-state index < -0.39 is 114 Å². The summed E-state index contributed by atoms with van der Waals surface area (Å²) in [6, 6.07) is 4.10. The van der Waals surface area contributed by atoms with Crippen LogP contribution in [0.15, 0.2) is 18.2 Å². The summed E-state index contributed by atoms with van der Waals surface area (Å²) < 4.78 is 66.9. The van der Waals surface area contributed by atoms with Crippen LogP contribution in [0.5, 0.6) is 0 Å². The molecule has 4 aliphatic heterocycles. The highest BCUT2D eigenvalue weighted by Crippen LogP contribution is 2.46. The van der Waals surface area contributed by atoms with Crippen molar-refractivity contribution in [2.45, 2.75) is 236 Å². The fourth-order valence-corrected chi connectivity index (χ4v) is 12.9. The minimum atomic E-state index is -1.50. The lowest BCUT2D eigenvalue weighted by Gasteiger charge is -2.54. The van der Waals surface area contributed by atoms with E-state index in [9.17, 15) is 19.4 Å². The third-order valence-corrected chi connectivity index (χ3v) is 17.8. The molecule has 396 valence electrons. The van der Waals surface area contributed by atoms with Crippen molar-refractivity contribution in [2.24, 2.45) is 23.7 Å². The zero-order valence-corrected chi connectivity index (χ0v) is 44.3. The molecule has 0 aromatic heterocycles. The maximum absolute atomic E-state index is 15.2. The number of amides is 1. The van der Waals surface area contributed by atoms with E-state index in [-0.39, 0.29) is 55.2 Å². The predicted molar refractivity (Wildman–Crippen MR) is 258 cm³/mol. The van der Waals surface area contributed by atoms with Gasteiger partial charge >= 0.3 is 12.1 Å². The van der Waals surface area contributed by atoms with Crippen LogP contribution < -0.4 is 0 Å². The van der Waals surface area contributed by atoms with Gasteiger partial charge in [-0.15, -0.1) is 0 Å². The number of nitrogens with zero attached hydrogens (tertiary/aromatic N) is 2. The number of ether oxygens (including phenoxy) is 8. The Labute approximate surface area is 420 Å². The van der Waals surface area contributed by atoms with Crippen LogP contribution in [0.1, 0.15) is 139 Å². The fraction of sp³-hybridized carbons (Fsp3) is 0.830. The summed E-state index contributed by atoms with van der Waals surface area (Å²) in [4.78, 5) is 48.4. The van der Waals surface area contributed by atoms with Crippen LogP contribution in [0.3, 0.4) is 0 Å². The maximum Gasteiger partial charge on any atom is 0.410 e.